The molecule has 17 heavy (non-hydrogen) atoms. The van der Waals surface area contributed by atoms with Crippen LogP contribution in [0.2, 0.25) is 10.0 Å². The van der Waals surface area contributed by atoms with Crippen LogP contribution in [-0.4, -0.2) is 5.91 Å². The van der Waals surface area contributed by atoms with Crippen LogP contribution in [0.4, 0.5) is 0 Å². The molecule has 0 spiro atoms. The van der Waals surface area contributed by atoms with E-state index in [1.54, 1.807) is 12.1 Å². The Bertz CT molecular complexity index is 451. The van der Waals surface area contributed by atoms with E-state index in [0.717, 1.165) is 11.1 Å². The maximum atomic E-state index is 11.2. The SMILES string of the molecule is Cl.NC(=O)C1Cc2cc(Cl)c(Cl)cc2C(N)C1. The lowest BCUT2D eigenvalue weighted by Gasteiger charge is -2.28. The zero-order valence-electron chi connectivity index (χ0n) is 8.95. The van der Waals surface area contributed by atoms with Crippen LogP contribution in [-0.2, 0) is 11.2 Å². The van der Waals surface area contributed by atoms with E-state index in [2.05, 4.69) is 0 Å². The van der Waals surface area contributed by atoms with Gasteiger partial charge in [-0.25, -0.2) is 0 Å². The minimum atomic E-state index is -0.313. The molecule has 0 saturated carbocycles. The Kier molecular flexibility index (Phi) is 4.67. The van der Waals surface area contributed by atoms with Gasteiger partial charge in [0.25, 0.3) is 0 Å². The van der Waals surface area contributed by atoms with Crippen molar-refractivity contribution in [3.63, 3.8) is 0 Å². The lowest BCUT2D eigenvalue weighted by atomic mass is 9.81. The average molecular weight is 296 g/mol. The van der Waals surface area contributed by atoms with Gasteiger partial charge in [0.15, 0.2) is 0 Å². The summed E-state index contributed by atoms with van der Waals surface area (Å²) in [6.07, 6.45) is 1.16. The van der Waals surface area contributed by atoms with Gasteiger partial charge >= 0.3 is 0 Å². The van der Waals surface area contributed by atoms with Crippen molar-refractivity contribution < 1.29 is 4.79 Å². The van der Waals surface area contributed by atoms with Crippen molar-refractivity contribution in [2.45, 2.75) is 18.9 Å². The molecule has 1 aromatic carbocycles. The number of rotatable bonds is 1. The Morgan fingerprint density at radius 2 is 1.88 bits per heavy atom. The predicted octanol–water partition coefficient (Wildman–Crippen LogP) is 2.46. The van der Waals surface area contributed by atoms with Crippen LogP contribution in [0.3, 0.4) is 0 Å². The van der Waals surface area contributed by atoms with Crippen molar-refractivity contribution in [3.8, 4) is 0 Å². The van der Waals surface area contributed by atoms with Crippen LogP contribution >= 0.6 is 35.6 Å². The topological polar surface area (TPSA) is 69.1 Å². The number of hydrogen-bond acceptors (Lipinski definition) is 2. The van der Waals surface area contributed by atoms with Gasteiger partial charge in [0, 0.05) is 12.0 Å². The molecule has 2 rings (SSSR count). The summed E-state index contributed by atoms with van der Waals surface area (Å²) in [7, 11) is 0. The average Bonchev–Trinajstić information content (AvgIpc) is 2.20. The monoisotopic (exact) mass is 294 g/mol. The van der Waals surface area contributed by atoms with E-state index < -0.39 is 0 Å². The number of benzene rings is 1. The summed E-state index contributed by atoms with van der Waals surface area (Å²) in [6, 6.07) is 3.35. The number of amides is 1. The van der Waals surface area contributed by atoms with E-state index in [9.17, 15) is 4.79 Å². The summed E-state index contributed by atoms with van der Waals surface area (Å²) in [5.74, 6) is -0.521. The largest absolute Gasteiger partial charge is 0.369 e. The summed E-state index contributed by atoms with van der Waals surface area (Å²) < 4.78 is 0. The Hall–Kier alpha value is -0.480. The smallest absolute Gasteiger partial charge is 0.220 e. The zero-order chi connectivity index (χ0) is 11.9. The molecule has 1 aliphatic rings. The van der Waals surface area contributed by atoms with Crippen molar-refractivity contribution in [1.82, 2.24) is 0 Å². The van der Waals surface area contributed by atoms with Crippen LogP contribution in [0.25, 0.3) is 0 Å². The third-order valence-corrected chi connectivity index (χ3v) is 3.71. The molecule has 1 aliphatic carbocycles. The summed E-state index contributed by atoms with van der Waals surface area (Å²) in [5.41, 5.74) is 13.2. The summed E-state index contributed by atoms with van der Waals surface area (Å²) in [6.45, 7) is 0. The molecule has 94 valence electrons. The highest BCUT2D eigenvalue weighted by atomic mass is 35.5. The zero-order valence-corrected chi connectivity index (χ0v) is 11.3. The molecule has 1 aromatic rings. The molecule has 0 aromatic heterocycles. The summed E-state index contributed by atoms with van der Waals surface area (Å²) in [5, 5.41) is 0.978. The van der Waals surface area contributed by atoms with Crippen LogP contribution < -0.4 is 11.5 Å². The highest BCUT2D eigenvalue weighted by molar-refractivity contribution is 6.42. The van der Waals surface area contributed by atoms with Crippen molar-refractivity contribution >= 4 is 41.5 Å². The molecule has 0 saturated heterocycles. The number of carbonyl (C=O) groups is 1. The molecule has 2 atom stereocenters. The second kappa shape index (κ2) is 5.44. The van der Waals surface area contributed by atoms with Crippen molar-refractivity contribution in [1.29, 1.82) is 0 Å². The first-order valence-corrected chi connectivity index (χ1v) is 5.77. The number of hydrogen-bond donors (Lipinski definition) is 2. The van der Waals surface area contributed by atoms with Crippen molar-refractivity contribution in [3.05, 3.63) is 33.3 Å². The van der Waals surface area contributed by atoms with E-state index in [1.165, 1.54) is 0 Å². The minimum absolute atomic E-state index is 0. The molecule has 2 unspecified atom stereocenters. The van der Waals surface area contributed by atoms with Gasteiger partial charge in [-0.2, -0.15) is 0 Å². The summed E-state index contributed by atoms with van der Waals surface area (Å²) >= 11 is 11.9. The lowest BCUT2D eigenvalue weighted by molar-refractivity contribution is -0.122. The van der Waals surface area contributed by atoms with Crippen LogP contribution in [0.5, 0.6) is 0 Å². The third kappa shape index (κ3) is 2.86. The van der Waals surface area contributed by atoms with Gasteiger partial charge in [0.05, 0.1) is 10.0 Å². The normalized spacial score (nSPS) is 22.5. The second-order valence-electron chi connectivity index (χ2n) is 4.11. The van der Waals surface area contributed by atoms with Gasteiger partial charge in [0.1, 0.15) is 0 Å². The molecule has 0 aliphatic heterocycles. The first-order valence-electron chi connectivity index (χ1n) is 5.01. The molecule has 1 amide bonds. The van der Waals surface area contributed by atoms with E-state index in [1.807, 2.05) is 0 Å². The lowest BCUT2D eigenvalue weighted by Crippen LogP contribution is -2.33. The number of halogens is 3. The number of carbonyl (C=O) groups excluding carboxylic acids is 1. The van der Waals surface area contributed by atoms with E-state index >= 15 is 0 Å². The molecular formula is C11H13Cl3N2O. The highest BCUT2D eigenvalue weighted by Gasteiger charge is 2.28. The fraction of sp³-hybridized carbons (Fsp3) is 0.364. The fourth-order valence-electron chi connectivity index (χ4n) is 2.12. The Balaban J connectivity index is 0.00000144. The Morgan fingerprint density at radius 1 is 1.29 bits per heavy atom. The molecular weight excluding hydrogens is 282 g/mol. The number of fused-ring (bicyclic) bond motifs is 1. The van der Waals surface area contributed by atoms with Crippen molar-refractivity contribution in [2.75, 3.05) is 0 Å². The van der Waals surface area contributed by atoms with Crippen LogP contribution in [0.15, 0.2) is 12.1 Å². The predicted molar refractivity (Wildman–Crippen MR) is 71.6 cm³/mol. The molecule has 0 heterocycles. The first-order chi connectivity index (χ1) is 7.49. The van der Waals surface area contributed by atoms with Crippen LogP contribution in [0, 0.1) is 5.92 Å². The number of primary amides is 1. The quantitative estimate of drug-likeness (QED) is 0.835. The van der Waals surface area contributed by atoms with Gasteiger partial charge in [-0.3, -0.25) is 4.79 Å². The standard InChI is InChI=1S/C11H12Cl2N2O.ClH/c12-8-2-5-1-6(11(15)16)3-10(14)7(5)4-9(8)13;/h2,4,6,10H,1,3,14H2,(H2,15,16);1H. The minimum Gasteiger partial charge on any atom is -0.369 e. The van der Waals surface area contributed by atoms with Gasteiger partial charge in [-0.1, -0.05) is 23.2 Å². The van der Waals surface area contributed by atoms with Crippen molar-refractivity contribution in [2.24, 2.45) is 17.4 Å². The molecule has 0 fully saturated rings. The molecule has 3 nitrogen and oxygen atoms in total. The van der Waals surface area contributed by atoms with Gasteiger partial charge in [-0.15, -0.1) is 12.4 Å². The molecule has 4 N–H and O–H groups in total. The highest BCUT2D eigenvalue weighted by Crippen LogP contribution is 2.36. The Labute approximate surface area is 116 Å². The number of nitrogens with two attached hydrogens (primary N) is 2. The van der Waals surface area contributed by atoms with E-state index in [0.29, 0.717) is 22.9 Å². The summed E-state index contributed by atoms with van der Waals surface area (Å²) in [4.78, 5) is 11.2. The Morgan fingerprint density at radius 3 is 2.47 bits per heavy atom. The molecule has 0 radical (unpaired) electrons. The van der Waals surface area contributed by atoms with Gasteiger partial charge in [0.2, 0.25) is 5.91 Å². The van der Waals surface area contributed by atoms with E-state index in [4.69, 9.17) is 34.7 Å². The van der Waals surface area contributed by atoms with Crippen LogP contribution in [0.1, 0.15) is 23.6 Å². The van der Waals surface area contributed by atoms with Gasteiger partial charge < -0.3 is 11.5 Å². The maximum Gasteiger partial charge on any atom is 0.220 e. The van der Waals surface area contributed by atoms with E-state index in [-0.39, 0.29) is 30.3 Å². The molecule has 0 bridgehead atoms. The second-order valence-corrected chi connectivity index (χ2v) is 4.93. The fourth-order valence-corrected chi connectivity index (χ4v) is 2.48. The maximum absolute atomic E-state index is 11.2. The molecule has 6 heteroatoms. The third-order valence-electron chi connectivity index (χ3n) is 2.99. The first kappa shape index (κ1) is 14.6. The van der Waals surface area contributed by atoms with Gasteiger partial charge in [-0.05, 0) is 36.1 Å².